The van der Waals surface area contributed by atoms with E-state index in [-0.39, 0.29) is 18.5 Å². The third-order valence-electron chi connectivity index (χ3n) is 6.00. The van der Waals surface area contributed by atoms with Crippen LogP contribution in [0.3, 0.4) is 0 Å². The fourth-order valence-electron chi connectivity index (χ4n) is 4.27. The molecule has 174 valence electrons. The number of nitriles is 1. The van der Waals surface area contributed by atoms with Crippen LogP contribution in [0.5, 0.6) is 0 Å². The molecule has 1 amide bonds. The molecule has 2 aromatic heterocycles. The molecule has 0 radical (unpaired) electrons. The van der Waals surface area contributed by atoms with Crippen LogP contribution in [0.15, 0.2) is 29.5 Å². The van der Waals surface area contributed by atoms with Gasteiger partial charge < -0.3 is 14.8 Å². The molecule has 0 aromatic carbocycles. The van der Waals surface area contributed by atoms with E-state index in [1.54, 1.807) is 4.90 Å². The molecule has 2 fully saturated rings. The van der Waals surface area contributed by atoms with Gasteiger partial charge in [0.05, 0.1) is 24.5 Å². The van der Waals surface area contributed by atoms with Crippen LogP contribution >= 0.6 is 0 Å². The molecule has 4 heterocycles. The van der Waals surface area contributed by atoms with Gasteiger partial charge in [-0.2, -0.15) is 18.4 Å². The number of aromatic amines is 1. The number of amides is 1. The summed E-state index contributed by atoms with van der Waals surface area (Å²) in [7, 11) is 0. The number of carbonyl (C=O) groups is 1. The Morgan fingerprint density at radius 1 is 1.18 bits per heavy atom. The molecule has 1 N–H and O–H groups in total. The van der Waals surface area contributed by atoms with Crippen molar-refractivity contribution in [2.75, 3.05) is 44.2 Å². The van der Waals surface area contributed by atoms with Gasteiger partial charge in [-0.1, -0.05) is 0 Å². The summed E-state index contributed by atoms with van der Waals surface area (Å²) in [4.78, 5) is 40.5. The Labute approximate surface area is 187 Å². The number of carbonyl (C=O) groups excluding carboxylic acids is 1. The van der Waals surface area contributed by atoms with Gasteiger partial charge in [0.25, 0.3) is 5.56 Å². The Bertz CT molecular complexity index is 1100. The number of H-pyrrole nitrogens is 1. The largest absolute Gasteiger partial charge is 0.421 e. The molecule has 1 unspecified atom stereocenters. The maximum atomic E-state index is 13.1. The van der Waals surface area contributed by atoms with Crippen molar-refractivity contribution in [1.29, 1.82) is 5.26 Å². The molecule has 2 aliphatic heterocycles. The summed E-state index contributed by atoms with van der Waals surface area (Å²) in [5.41, 5.74) is -1.66. The minimum Gasteiger partial charge on any atom is -0.338 e. The number of rotatable bonds is 4. The second-order valence-electron chi connectivity index (χ2n) is 8.05. The second kappa shape index (κ2) is 9.19. The Balaban J connectivity index is 1.37. The monoisotopic (exact) mass is 461 g/mol. The first-order valence-electron chi connectivity index (χ1n) is 10.5. The maximum absolute atomic E-state index is 13.1. The average Bonchev–Trinajstić information content (AvgIpc) is 3.27. The highest BCUT2D eigenvalue weighted by Gasteiger charge is 2.36. The number of halogens is 3. The van der Waals surface area contributed by atoms with E-state index in [9.17, 15) is 22.8 Å². The molecule has 12 heteroatoms. The van der Waals surface area contributed by atoms with E-state index in [0.29, 0.717) is 56.2 Å². The summed E-state index contributed by atoms with van der Waals surface area (Å²) >= 11 is 0. The van der Waals surface area contributed by atoms with E-state index in [0.717, 1.165) is 12.5 Å². The van der Waals surface area contributed by atoms with Gasteiger partial charge in [-0.3, -0.25) is 14.5 Å². The smallest absolute Gasteiger partial charge is 0.338 e. The van der Waals surface area contributed by atoms with Gasteiger partial charge in [0.15, 0.2) is 0 Å². The predicted octanol–water partition coefficient (Wildman–Crippen LogP) is 1.54. The fraction of sp³-hybridized carbons (Fsp3) is 0.476. The first kappa shape index (κ1) is 22.7. The van der Waals surface area contributed by atoms with E-state index >= 15 is 0 Å². The molecule has 0 bridgehead atoms. The van der Waals surface area contributed by atoms with Crippen LogP contribution in [-0.4, -0.2) is 69.9 Å². The Kier molecular flexibility index (Phi) is 6.33. The number of anilines is 1. The van der Waals surface area contributed by atoms with Gasteiger partial charge in [-0.25, -0.2) is 9.97 Å². The van der Waals surface area contributed by atoms with E-state index in [4.69, 9.17) is 5.26 Å². The van der Waals surface area contributed by atoms with Gasteiger partial charge >= 0.3 is 6.18 Å². The van der Waals surface area contributed by atoms with Crippen LogP contribution < -0.4 is 10.5 Å². The molecular formula is C21H22F3N7O2. The van der Waals surface area contributed by atoms with Gasteiger partial charge in [0.2, 0.25) is 11.9 Å². The van der Waals surface area contributed by atoms with Crippen LogP contribution in [0, 0.1) is 11.3 Å². The summed E-state index contributed by atoms with van der Waals surface area (Å²) in [5.74, 6) is 0.405. The van der Waals surface area contributed by atoms with Crippen molar-refractivity contribution >= 4 is 11.9 Å². The third-order valence-corrected chi connectivity index (χ3v) is 6.00. The molecule has 2 saturated heterocycles. The number of alkyl halides is 3. The quantitative estimate of drug-likeness (QED) is 0.736. The third kappa shape index (κ3) is 4.98. The maximum Gasteiger partial charge on any atom is 0.421 e. The normalized spacial score (nSPS) is 19.5. The number of pyridine rings is 1. The zero-order chi connectivity index (χ0) is 23.6. The highest BCUT2D eigenvalue weighted by atomic mass is 19.4. The Morgan fingerprint density at radius 2 is 1.88 bits per heavy atom. The van der Waals surface area contributed by atoms with Crippen LogP contribution in [0.25, 0.3) is 0 Å². The lowest BCUT2D eigenvalue weighted by Crippen LogP contribution is -2.51. The van der Waals surface area contributed by atoms with E-state index in [1.165, 1.54) is 18.6 Å². The number of hydrogen-bond acceptors (Lipinski definition) is 7. The molecule has 1 atom stereocenters. The lowest BCUT2D eigenvalue weighted by molar-refractivity contribution is -0.139. The van der Waals surface area contributed by atoms with Crippen molar-refractivity contribution in [3.63, 3.8) is 0 Å². The van der Waals surface area contributed by atoms with Gasteiger partial charge in [0, 0.05) is 38.4 Å². The second-order valence-corrected chi connectivity index (χ2v) is 8.05. The van der Waals surface area contributed by atoms with Gasteiger partial charge in [-0.15, -0.1) is 0 Å². The summed E-state index contributed by atoms with van der Waals surface area (Å²) < 4.78 is 39.4. The van der Waals surface area contributed by atoms with Crippen molar-refractivity contribution < 1.29 is 18.0 Å². The average molecular weight is 461 g/mol. The molecule has 9 nitrogen and oxygen atoms in total. The van der Waals surface area contributed by atoms with Crippen molar-refractivity contribution in [2.24, 2.45) is 0 Å². The number of hydrogen-bond donors (Lipinski definition) is 1. The SMILES string of the molecule is N#Cc1cnc(N2CCN(C(=O)CN3CCCC3c3c[nH]c(=O)c(C(F)(F)F)c3)CC2)nc1. The number of nitrogens with zero attached hydrogens (tertiary/aromatic N) is 6. The molecule has 2 aromatic rings. The number of nitrogens with one attached hydrogen (secondary N) is 1. The van der Waals surface area contributed by atoms with Crippen LogP contribution in [0.2, 0.25) is 0 Å². The summed E-state index contributed by atoms with van der Waals surface area (Å²) in [6, 6.07) is 2.50. The highest BCUT2D eigenvalue weighted by Crippen LogP contribution is 2.34. The van der Waals surface area contributed by atoms with Crippen molar-refractivity contribution in [3.8, 4) is 6.07 Å². The Hall–Kier alpha value is -3.46. The van der Waals surface area contributed by atoms with Crippen LogP contribution in [-0.2, 0) is 11.0 Å². The minimum atomic E-state index is -4.73. The first-order valence-corrected chi connectivity index (χ1v) is 10.5. The Morgan fingerprint density at radius 3 is 2.52 bits per heavy atom. The van der Waals surface area contributed by atoms with Crippen molar-refractivity contribution in [2.45, 2.75) is 25.1 Å². The van der Waals surface area contributed by atoms with Crippen LogP contribution in [0.1, 0.15) is 35.6 Å². The van der Waals surface area contributed by atoms with E-state index < -0.39 is 17.3 Å². The van der Waals surface area contributed by atoms with Crippen molar-refractivity contribution in [3.05, 3.63) is 51.7 Å². The number of piperazine rings is 1. The zero-order valence-corrected chi connectivity index (χ0v) is 17.7. The standard InChI is InChI=1S/C21H22F3N7O2/c22-21(23,24)16-8-15(12-26-19(16)33)17-2-1-3-31(17)13-18(32)29-4-6-30(7-5-29)20-27-10-14(9-25)11-28-20/h8,10-12,17H,1-7,13H2,(H,26,33). The van der Waals surface area contributed by atoms with Crippen molar-refractivity contribution in [1.82, 2.24) is 24.8 Å². The molecule has 2 aliphatic rings. The molecule has 33 heavy (non-hydrogen) atoms. The topological polar surface area (TPSA) is 109 Å². The molecule has 4 rings (SSSR count). The fourth-order valence-corrected chi connectivity index (χ4v) is 4.27. The van der Waals surface area contributed by atoms with E-state index in [1.807, 2.05) is 15.9 Å². The lowest BCUT2D eigenvalue weighted by atomic mass is 10.0. The summed E-state index contributed by atoms with van der Waals surface area (Å²) in [6.07, 6.45) is 0.841. The summed E-state index contributed by atoms with van der Waals surface area (Å²) in [5, 5.41) is 8.85. The highest BCUT2D eigenvalue weighted by molar-refractivity contribution is 5.78. The zero-order valence-electron chi connectivity index (χ0n) is 17.7. The molecular weight excluding hydrogens is 439 g/mol. The lowest BCUT2D eigenvalue weighted by Gasteiger charge is -2.36. The number of likely N-dealkylation sites (tertiary alicyclic amines) is 1. The number of aromatic nitrogens is 3. The summed E-state index contributed by atoms with van der Waals surface area (Å²) in [6.45, 7) is 2.70. The van der Waals surface area contributed by atoms with Crippen LogP contribution in [0.4, 0.5) is 19.1 Å². The first-order chi connectivity index (χ1) is 15.8. The van der Waals surface area contributed by atoms with Gasteiger partial charge in [-0.05, 0) is 31.0 Å². The predicted molar refractivity (Wildman–Crippen MR) is 111 cm³/mol. The van der Waals surface area contributed by atoms with Gasteiger partial charge in [0.1, 0.15) is 11.6 Å². The molecule has 0 spiro atoms. The molecule has 0 saturated carbocycles. The van der Waals surface area contributed by atoms with E-state index in [2.05, 4.69) is 15.0 Å². The minimum absolute atomic E-state index is 0.0947. The molecule has 0 aliphatic carbocycles.